The van der Waals surface area contributed by atoms with Crippen molar-refractivity contribution in [3.8, 4) is 5.75 Å². The van der Waals surface area contributed by atoms with E-state index >= 15 is 0 Å². The number of rotatable bonds is 4. The van der Waals surface area contributed by atoms with Gasteiger partial charge in [-0.05, 0) is 31.2 Å². The van der Waals surface area contributed by atoms with Gasteiger partial charge in [-0.25, -0.2) is 9.78 Å². The van der Waals surface area contributed by atoms with Crippen LogP contribution in [0.1, 0.15) is 21.3 Å². The topological polar surface area (TPSA) is 72.6 Å². The molecule has 0 aliphatic rings. The van der Waals surface area contributed by atoms with Crippen molar-refractivity contribution in [1.82, 2.24) is 4.98 Å². The highest BCUT2D eigenvalue weighted by Crippen LogP contribution is 2.29. The molecule has 20 heavy (non-hydrogen) atoms. The van der Waals surface area contributed by atoms with Gasteiger partial charge < -0.3 is 14.3 Å². The average molecular weight is 289 g/mol. The van der Waals surface area contributed by atoms with Gasteiger partial charge in [0.25, 0.3) is 0 Å². The molecule has 0 fully saturated rings. The number of fused-ring (bicyclic) bond motifs is 1. The molecular weight excluding hydrogens is 278 g/mol. The first kappa shape index (κ1) is 12.7. The maximum absolute atomic E-state index is 10.7. The van der Waals surface area contributed by atoms with E-state index in [-0.39, 0.29) is 12.4 Å². The van der Waals surface area contributed by atoms with Crippen LogP contribution >= 0.6 is 11.3 Å². The van der Waals surface area contributed by atoms with Crippen LogP contribution in [0.5, 0.6) is 5.75 Å². The van der Waals surface area contributed by atoms with Gasteiger partial charge in [-0.3, -0.25) is 0 Å². The minimum Gasteiger partial charge on any atom is -0.483 e. The Bertz CT molecular complexity index is 774. The van der Waals surface area contributed by atoms with Crippen LogP contribution in [0.15, 0.2) is 34.7 Å². The van der Waals surface area contributed by atoms with E-state index in [1.807, 2.05) is 25.1 Å². The molecule has 0 atom stereocenters. The van der Waals surface area contributed by atoms with Crippen LogP contribution in [-0.2, 0) is 6.61 Å². The summed E-state index contributed by atoms with van der Waals surface area (Å²) in [5.74, 6) is -0.0498. The van der Waals surface area contributed by atoms with Gasteiger partial charge in [-0.15, -0.1) is 11.3 Å². The number of carbonyl (C=O) groups is 1. The average Bonchev–Trinajstić information content (AvgIpc) is 3.01. The lowest BCUT2D eigenvalue weighted by Crippen LogP contribution is -1.95. The van der Waals surface area contributed by atoms with E-state index in [4.69, 9.17) is 14.3 Å². The van der Waals surface area contributed by atoms with E-state index in [2.05, 4.69) is 4.98 Å². The Morgan fingerprint density at radius 1 is 1.40 bits per heavy atom. The Kier molecular flexibility index (Phi) is 3.15. The van der Waals surface area contributed by atoms with Crippen molar-refractivity contribution >= 4 is 27.5 Å². The molecule has 0 radical (unpaired) electrons. The highest BCUT2D eigenvalue weighted by atomic mass is 32.1. The van der Waals surface area contributed by atoms with Crippen molar-refractivity contribution in [3.05, 3.63) is 46.9 Å². The number of aromatic nitrogens is 1. The first-order valence-electron chi connectivity index (χ1n) is 5.94. The fourth-order valence-electron chi connectivity index (χ4n) is 1.87. The summed E-state index contributed by atoms with van der Waals surface area (Å²) < 4.78 is 11.9. The van der Waals surface area contributed by atoms with Crippen molar-refractivity contribution in [3.63, 3.8) is 0 Å². The molecule has 0 aliphatic heterocycles. The second kappa shape index (κ2) is 4.97. The van der Waals surface area contributed by atoms with Crippen molar-refractivity contribution in [2.45, 2.75) is 13.5 Å². The van der Waals surface area contributed by atoms with Crippen molar-refractivity contribution in [2.75, 3.05) is 0 Å². The number of para-hydroxylation sites is 1. The molecule has 0 saturated heterocycles. The molecule has 2 aromatic heterocycles. The third kappa shape index (κ3) is 2.37. The Labute approximate surface area is 118 Å². The number of thiazole rings is 1. The van der Waals surface area contributed by atoms with Crippen LogP contribution in [0.4, 0.5) is 0 Å². The summed E-state index contributed by atoms with van der Waals surface area (Å²) in [5, 5.41) is 9.76. The van der Waals surface area contributed by atoms with Gasteiger partial charge in [-0.1, -0.05) is 6.07 Å². The predicted octanol–water partition coefficient (Wildman–Crippen LogP) is 3.47. The second-order valence-electron chi connectivity index (χ2n) is 4.20. The number of hydrogen-bond donors (Lipinski definition) is 1. The lowest BCUT2D eigenvalue weighted by Gasteiger charge is -2.04. The minimum absolute atomic E-state index is 0.0914. The number of ether oxygens (including phenoxy) is 1. The SMILES string of the molecule is Cc1nc2c(OCc3ccc(C(=O)O)o3)cccc2s1. The van der Waals surface area contributed by atoms with Gasteiger partial charge >= 0.3 is 5.97 Å². The molecular formula is C14H11NO4S. The van der Waals surface area contributed by atoms with Gasteiger partial charge in [0.15, 0.2) is 0 Å². The number of aryl methyl sites for hydroxylation is 1. The second-order valence-corrected chi connectivity index (χ2v) is 5.43. The number of furan rings is 1. The van der Waals surface area contributed by atoms with Gasteiger partial charge in [0, 0.05) is 0 Å². The maximum Gasteiger partial charge on any atom is 0.371 e. The highest BCUT2D eigenvalue weighted by Gasteiger charge is 2.11. The summed E-state index contributed by atoms with van der Waals surface area (Å²) in [6.07, 6.45) is 0. The molecule has 0 bridgehead atoms. The van der Waals surface area contributed by atoms with E-state index in [0.717, 1.165) is 15.2 Å². The zero-order valence-corrected chi connectivity index (χ0v) is 11.4. The fourth-order valence-corrected chi connectivity index (χ4v) is 2.71. The van der Waals surface area contributed by atoms with E-state index in [9.17, 15) is 4.79 Å². The number of nitrogens with zero attached hydrogens (tertiary/aromatic N) is 1. The summed E-state index contributed by atoms with van der Waals surface area (Å²) in [6.45, 7) is 2.11. The molecule has 102 valence electrons. The number of carboxylic acids is 1. The Morgan fingerprint density at radius 2 is 2.25 bits per heavy atom. The summed E-state index contributed by atoms with van der Waals surface area (Å²) in [7, 11) is 0. The molecule has 3 rings (SSSR count). The molecule has 1 aromatic carbocycles. The van der Waals surface area contributed by atoms with Gasteiger partial charge in [0.05, 0.1) is 9.71 Å². The summed E-state index contributed by atoms with van der Waals surface area (Å²) >= 11 is 1.60. The van der Waals surface area contributed by atoms with Gasteiger partial charge in [-0.2, -0.15) is 0 Å². The molecule has 0 aliphatic carbocycles. The minimum atomic E-state index is -1.09. The first-order valence-corrected chi connectivity index (χ1v) is 6.76. The number of hydrogen-bond acceptors (Lipinski definition) is 5. The van der Waals surface area contributed by atoms with E-state index in [0.29, 0.717) is 11.5 Å². The predicted molar refractivity (Wildman–Crippen MR) is 74.4 cm³/mol. The third-order valence-electron chi connectivity index (χ3n) is 2.73. The Hall–Kier alpha value is -2.34. The highest BCUT2D eigenvalue weighted by molar-refractivity contribution is 7.18. The normalized spacial score (nSPS) is 10.8. The molecule has 0 spiro atoms. The van der Waals surface area contributed by atoms with Crippen LogP contribution in [0.3, 0.4) is 0 Å². The molecule has 1 N–H and O–H groups in total. The van der Waals surface area contributed by atoms with Gasteiger partial charge in [0.1, 0.15) is 23.6 Å². The van der Waals surface area contributed by atoms with Crippen molar-refractivity contribution < 1.29 is 19.1 Å². The van der Waals surface area contributed by atoms with Crippen LogP contribution in [0.25, 0.3) is 10.2 Å². The molecule has 5 nitrogen and oxygen atoms in total. The third-order valence-corrected chi connectivity index (χ3v) is 3.67. The van der Waals surface area contributed by atoms with Crippen LogP contribution in [0, 0.1) is 6.92 Å². The maximum atomic E-state index is 10.7. The lowest BCUT2D eigenvalue weighted by molar-refractivity contribution is 0.0658. The standard InChI is InChI=1S/C14H11NO4S/c1-8-15-13-10(3-2-4-12(13)20-8)18-7-9-5-6-11(19-9)14(16)17/h2-6H,7H2,1H3,(H,16,17). The lowest BCUT2D eigenvalue weighted by atomic mass is 10.3. The first-order chi connectivity index (χ1) is 9.63. The van der Waals surface area contributed by atoms with E-state index < -0.39 is 5.97 Å². The van der Waals surface area contributed by atoms with Crippen LogP contribution < -0.4 is 4.74 Å². The zero-order chi connectivity index (χ0) is 14.1. The summed E-state index contributed by atoms with van der Waals surface area (Å²) in [5.41, 5.74) is 0.819. The quantitative estimate of drug-likeness (QED) is 0.796. The molecule has 2 heterocycles. The molecule has 3 aromatic rings. The van der Waals surface area contributed by atoms with Crippen LogP contribution in [-0.4, -0.2) is 16.1 Å². The Balaban J connectivity index is 1.81. The molecule has 0 amide bonds. The van der Waals surface area contributed by atoms with E-state index in [1.165, 1.54) is 6.07 Å². The molecule has 0 unspecified atom stereocenters. The van der Waals surface area contributed by atoms with Crippen molar-refractivity contribution in [2.24, 2.45) is 0 Å². The molecule has 6 heteroatoms. The van der Waals surface area contributed by atoms with Gasteiger partial charge in [0.2, 0.25) is 5.76 Å². The van der Waals surface area contributed by atoms with Crippen molar-refractivity contribution in [1.29, 1.82) is 0 Å². The Morgan fingerprint density at radius 3 is 3.00 bits per heavy atom. The largest absolute Gasteiger partial charge is 0.483 e. The monoisotopic (exact) mass is 289 g/mol. The zero-order valence-electron chi connectivity index (χ0n) is 10.6. The number of carboxylic acid groups (broad SMARTS) is 1. The smallest absolute Gasteiger partial charge is 0.371 e. The fraction of sp³-hybridized carbons (Fsp3) is 0.143. The van der Waals surface area contributed by atoms with E-state index in [1.54, 1.807) is 17.4 Å². The number of benzene rings is 1. The summed E-state index contributed by atoms with van der Waals surface area (Å²) in [4.78, 5) is 15.2. The summed E-state index contributed by atoms with van der Waals surface area (Å²) in [6, 6.07) is 8.73. The number of aromatic carboxylic acids is 1. The van der Waals surface area contributed by atoms with Crippen LogP contribution in [0.2, 0.25) is 0 Å². The molecule has 0 saturated carbocycles.